The van der Waals surface area contributed by atoms with Crippen LogP contribution in [0.5, 0.6) is 11.5 Å². The van der Waals surface area contributed by atoms with Gasteiger partial charge in [0.2, 0.25) is 5.91 Å². The predicted molar refractivity (Wildman–Crippen MR) is 86.7 cm³/mol. The summed E-state index contributed by atoms with van der Waals surface area (Å²) in [6.45, 7) is 0.850. The van der Waals surface area contributed by atoms with Gasteiger partial charge in [-0.3, -0.25) is 4.79 Å². The maximum atomic E-state index is 11.8. The van der Waals surface area contributed by atoms with Crippen LogP contribution in [0.3, 0.4) is 0 Å². The summed E-state index contributed by atoms with van der Waals surface area (Å²) in [5, 5.41) is 3.48. The summed E-state index contributed by atoms with van der Waals surface area (Å²) in [5.41, 5.74) is 0.926. The molecule has 4 nitrogen and oxygen atoms in total. The first-order chi connectivity index (χ1) is 10.7. The lowest BCUT2D eigenvalue weighted by atomic mass is 10.1. The second kappa shape index (κ2) is 8.29. The summed E-state index contributed by atoms with van der Waals surface area (Å²) < 4.78 is 10.7. The van der Waals surface area contributed by atoms with Crippen molar-refractivity contribution in [1.29, 1.82) is 0 Å². The molecular weight excluding hydrogens is 302 g/mol. The normalized spacial score (nSPS) is 10.1. The number of nitrogens with one attached hydrogen (secondary N) is 1. The molecule has 0 unspecified atom stereocenters. The first kappa shape index (κ1) is 16.2. The van der Waals surface area contributed by atoms with Crippen LogP contribution in [0.15, 0.2) is 48.5 Å². The Balaban J connectivity index is 1.69. The molecule has 0 aliphatic carbocycles. The van der Waals surface area contributed by atoms with Crippen molar-refractivity contribution in [2.24, 2.45) is 0 Å². The lowest BCUT2D eigenvalue weighted by Crippen LogP contribution is -2.29. The molecule has 2 rings (SSSR count). The number of hydrogen-bond donors (Lipinski definition) is 1. The van der Waals surface area contributed by atoms with Gasteiger partial charge in [0.25, 0.3) is 0 Å². The Labute approximate surface area is 135 Å². The Bertz CT molecular complexity index is 614. The molecule has 22 heavy (non-hydrogen) atoms. The van der Waals surface area contributed by atoms with Crippen LogP contribution in [-0.2, 0) is 11.2 Å². The summed E-state index contributed by atoms with van der Waals surface area (Å²) >= 11 is 5.80. The number of hydrogen-bond acceptors (Lipinski definition) is 3. The van der Waals surface area contributed by atoms with Gasteiger partial charge in [-0.05, 0) is 29.8 Å². The highest BCUT2D eigenvalue weighted by Gasteiger charge is 2.03. The summed E-state index contributed by atoms with van der Waals surface area (Å²) in [5.74, 6) is 1.41. The monoisotopic (exact) mass is 319 g/mol. The summed E-state index contributed by atoms with van der Waals surface area (Å²) in [6, 6.07) is 14.6. The molecule has 2 aromatic rings. The van der Waals surface area contributed by atoms with Gasteiger partial charge in [0.05, 0.1) is 20.1 Å². The van der Waals surface area contributed by atoms with E-state index in [1.54, 1.807) is 25.3 Å². The van der Waals surface area contributed by atoms with E-state index >= 15 is 0 Å². The number of carbonyl (C=O) groups is 1. The van der Waals surface area contributed by atoms with Crippen molar-refractivity contribution in [2.45, 2.75) is 6.42 Å². The molecule has 1 N–H and O–H groups in total. The lowest BCUT2D eigenvalue weighted by Gasteiger charge is -2.09. The zero-order valence-electron chi connectivity index (χ0n) is 12.3. The topological polar surface area (TPSA) is 47.6 Å². The van der Waals surface area contributed by atoms with Crippen molar-refractivity contribution in [3.05, 3.63) is 59.1 Å². The van der Waals surface area contributed by atoms with Gasteiger partial charge in [-0.2, -0.15) is 0 Å². The standard InChI is InChI=1S/C17H18ClNO3/c1-21-15-3-2-4-16(12-15)22-10-9-19-17(20)11-13-5-7-14(18)8-6-13/h2-8,12H,9-11H2,1H3,(H,19,20). The summed E-state index contributed by atoms with van der Waals surface area (Å²) in [6.07, 6.45) is 0.330. The van der Waals surface area contributed by atoms with Crippen molar-refractivity contribution in [1.82, 2.24) is 5.32 Å². The predicted octanol–water partition coefficient (Wildman–Crippen LogP) is 3.09. The second-order valence-electron chi connectivity index (χ2n) is 4.68. The molecule has 0 radical (unpaired) electrons. The van der Waals surface area contributed by atoms with Crippen molar-refractivity contribution in [3.8, 4) is 11.5 Å². The van der Waals surface area contributed by atoms with E-state index < -0.39 is 0 Å². The van der Waals surface area contributed by atoms with Gasteiger partial charge < -0.3 is 14.8 Å². The van der Waals surface area contributed by atoms with E-state index in [0.717, 1.165) is 11.3 Å². The van der Waals surface area contributed by atoms with E-state index in [1.807, 2.05) is 30.3 Å². The third-order valence-electron chi connectivity index (χ3n) is 3.01. The number of ether oxygens (including phenoxy) is 2. The Morgan fingerprint density at radius 2 is 1.86 bits per heavy atom. The molecule has 1 amide bonds. The van der Waals surface area contributed by atoms with Gasteiger partial charge in [0.15, 0.2) is 0 Å². The molecule has 2 aromatic carbocycles. The Morgan fingerprint density at radius 1 is 1.14 bits per heavy atom. The molecule has 0 saturated heterocycles. The van der Waals surface area contributed by atoms with Gasteiger partial charge in [0, 0.05) is 11.1 Å². The average molecular weight is 320 g/mol. The SMILES string of the molecule is COc1cccc(OCCNC(=O)Cc2ccc(Cl)cc2)c1. The number of rotatable bonds is 7. The van der Waals surface area contributed by atoms with E-state index in [9.17, 15) is 4.79 Å². The fraction of sp³-hybridized carbons (Fsp3) is 0.235. The molecule has 0 aliphatic heterocycles. The van der Waals surface area contributed by atoms with Crippen molar-refractivity contribution < 1.29 is 14.3 Å². The minimum atomic E-state index is -0.0448. The highest BCUT2D eigenvalue weighted by atomic mass is 35.5. The van der Waals surface area contributed by atoms with E-state index in [0.29, 0.717) is 30.3 Å². The quantitative estimate of drug-likeness (QED) is 0.798. The minimum absolute atomic E-state index is 0.0448. The van der Waals surface area contributed by atoms with E-state index in [1.165, 1.54) is 0 Å². The molecule has 0 aromatic heterocycles. The maximum Gasteiger partial charge on any atom is 0.224 e. The van der Waals surface area contributed by atoms with Gasteiger partial charge in [-0.15, -0.1) is 0 Å². The number of halogens is 1. The molecule has 0 heterocycles. The van der Waals surface area contributed by atoms with Crippen LogP contribution in [0.25, 0.3) is 0 Å². The zero-order valence-corrected chi connectivity index (χ0v) is 13.1. The Hall–Kier alpha value is -2.20. The van der Waals surface area contributed by atoms with Crippen molar-refractivity contribution in [3.63, 3.8) is 0 Å². The molecule has 0 fully saturated rings. The fourth-order valence-corrected chi connectivity index (χ4v) is 2.03. The second-order valence-corrected chi connectivity index (χ2v) is 5.12. The van der Waals surface area contributed by atoms with Crippen molar-refractivity contribution in [2.75, 3.05) is 20.3 Å². The average Bonchev–Trinajstić information content (AvgIpc) is 2.54. The van der Waals surface area contributed by atoms with Gasteiger partial charge in [-0.25, -0.2) is 0 Å². The van der Waals surface area contributed by atoms with E-state index in [4.69, 9.17) is 21.1 Å². The highest BCUT2D eigenvalue weighted by molar-refractivity contribution is 6.30. The number of methoxy groups -OCH3 is 1. The minimum Gasteiger partial charge on any atom is -0.497 e. The smallest absolute Gasteiger partial charge is 0.224 e. The number of benzene rings is 2. The van der Waals surface area contributed by atoms with Crippen molar-refractivity contribution >= 4 is 17.5 Å². The first-order valence-corrected chi connectivity index (χ1v) is 7.33. The van der Waals surface area contributed by atoms with Crippen LogP contribution in [0, 0.1) is 0 Å². The van der Waals surface area contributed by atoms with Crippen LogP contribution >= 0.6 is 11.6 Å². The van der Waals surface area contributed by atoms with E-state index in [-0.39, 0.29) is 5.91 Å². The van der Waals surface area contributed by atoms with Crippen LogP contribution in [0.2, 0.25) is 5.02 Å². The van der Waals surface area contributed by atoms with Gasteiger partial charge in [-0.1, -0.05) is 29.8 Å². The zero-order chi connectivity index (χ0) is 15.8. The van der Waals surface area contributed by atoms with Crippen LogP contribution < -0.4 is 14.8 Å². The molecule has 5 heteroatoms. The number of carbonyl (C=O) groups excluding carboxylic acids is 1. The van der Waals surface area contributed by atoms with Gasteiger partial charge >= 0.3 is 0 Å². The number of amides is 1. The van der Waals surface area contributed by atoms with Crippen LogP contribution in [0.4, 0.5) is 0 Å². The Kier molecular flexibility index (Phi) is 6.10. The molecular formula is C17H18ClNO3. The highest BCUT2D eigenvalue weighted by Crippen LogP contribution is 2.18. The largest absolute Gasteiger partial charge is 0.497 e. The first-order valence-electron chi connectivity index (χ1n) is 6.95. The van der Waals surface area contributed by atoms with Crippen LogP contribution in [-0.4, -0.2) is 26.2 Å². The fourth-order valence-electron chi connectivity index (χ4n) is 1.90. The van der Waals surface area contributed by atoms with Crippen LogP contribution in [0.1, 0.15) is 5.56 Å². The third kappa shape index (κ3) is 5.30. The molecule has 116 valence electrons. The Morgan fingerprint density at radius 3 is 2.59 bits per heavy atom. The molecule has 0 aliphatic rings. The van der Waals surface area contributed by atoms with Gasteiger partial charge in [0.1, 0.15) is 18.1 Å². The molecule has 0 bridgehead atoms. The molecule has 0 atom stereocenters. The molecule has 0 saturated carbocycles. The van der Waals surface area contributed by atoms with E-state index in [2.05, 4.69) is 5.32 Å². The third-order valence-corrected chi connectivity index (χ3v) is 3.26. The summed E-state index contributed by atoms with van der Waals surface area (Å²) in [7, 11) is 1.61. The maximum absolute atomic E-state index is 11.8. The molecule has 0 spiro atoms. The summed E-state index contributed by atoms with van der Waals surface area (Å²) in [4.78, 5) is 11.8. The lowest BCUT2D eigenvalue weighted by molar-refractivity contribution is -0.120.